The molecule has 0 spiro atoms. The molecule has 1 aromatic carbocycles. The van der Waals surface area contributed by atoms with E-state index in [0.717, 1.165) is 30.7 Å². The van der Waals surface area contributed by atoms with Crippen molar-refractivity contribution in [3.8, 4) is 11.5 Å². The molecular weight excluding hydrogens is 589 g/mol. The van der Waals surface area contributed by atoms with Crippen molar-refractivity contribution in [3.05, 3.63) is 57.1 Å². The number of halogens is 2. The Hall–Kier alpha value is -3.61. The van der Waals surface area contributed by atoms with E-state index in [1.54, 1.807) is 18.5 Å². The number of urea groups is 1. The van der Waals surface area contributed by atoms with Gasteiger partial charge in [0.1, 0.15) is 32.4 Å². The van der Waals surface area contributed by atoms with Crippen molar-refractivity contribution in [2.45, 2.75) is 50.9 Å². The third kappa shape index (κ3) is 5.90. The van der Waals surface area contributed by atoms with Crippen LogP contribution in [0.3, 0.4) is 0 Å². The predicted molar refractivity (Wildman–Crippen MR) is 159 cm³/mol. The van der Waals surface area contributed by atoms with E-state index in [1.165, 1.54) is 41.4 Å². The molecule has 1 fully saturated rings. The van der Waals surface area contributed by atoms with Crippen molar-refractivity contribution in [1.29, 1.82) is 0 Å². The number of fused-ring (bicyclic) bond motifs is 1. The second-order valence-electron chi connectivity index (χ2n) is 9.54. The highest BCUT2D eigenvalue weighted by molar-refractivity contribution is 7.09. The highest BCUT2D eigenvalue weighted by atomic mass is 35.5. The monoisotopic (exact) mass is 617 g/mol. The van der Waals surface area contributed by atoms with Crippen LogP contribution in [0.5, 0.6) is 11.5 Å². The quantitative estimate of drug-likeness (QED) is 0.305. The third-order valence-electron chi connectivity index (χ3n) is 7.08. The maximum atomic E-state index is 14.1. The summed E-state index contributed by atoms with van der Waals surface area (Å²) in [5, 5.41) is 9.30. The summed E-state index contributed by atoms with van der Waals surface area (Å²) in [5.41, 5.74) is 0.940. The van der Waals surface area contributed by atoms with Gasteiger partial charge in [-0.15, -0.1) is 11.3 Å². The second-order valence-corrected chi connectivity index (χ2v) is 11.3. The number of hydrogen-bond acceptors (Lipinski definition) is 9. The van der Waals surface area contributed by atoms with Crippen LogP contribution in [-0.2, 0) is 17.9 Å². The highest BCUT2D eigenvalue weighted by Gasteiger charge is 2.37. The number of nitrogens with zero attached hydrogens (tertiary/aromatic N) is 5. The molecule has 1 aliphatic carbocycles. The molecule has 41 heavy (non-hydrogen) atoms. The molecule has 1 unspecified atom stereocenters. The average Bonchev–Trinajstić information content (AvgIpc) is 3.50. The Labute approximate surface area is 251 Å². The summed E-state index contributed by atoms with van der Waals surface area (Å²) in [6, 6.07) is 1.01. The lowest BCUT2D eigenvalue weighted by atomic mass is 9.90. The minimum absolute atomic E-state index is 0.0734. The van der Waals surface area contributed by atoms with E-state index in [2.05, 4.69) is 27.2 Å². The molecule has 3 amide bonds. The van der Waals surface area contributed by atoms with E-state index in [9.17, 15) is 9.59 Å². The van der Waals surface area contributed by atoms with Gasteiger partial charge in [-0.1, -0.05) is 42.6 Å². The van der Waals surface area contributed by atoms with Gasteiger partial charge in [0, 0.05) is 41.5 Å². The zero-order chi connectivity index (χ0) is 29.1. The van der Waals surface area contributed by atoms with Gasteiger partial charge in [0.05, 0.1) is 33.0 Å². The molecule has 11 nitrogen and oxygen atoms in total. The molecule has 0 saturated heterocycles. The average molecular weight is 619 g/mol. The SMILES string of the molecule is C=CC(=O)N[C@@H]1CCCCC1Nc1ncc2c(n1)N(Cc1nccs1)C(=O)N(c1c(Cl)c(OC)cc(OC)c1Cl)C2. The molecule has 2 aliphatic rings. The summed E-state index contributed by atoms with van der Waals surface area (Å²) in [7, 11) is 2.95. The number of rotatable bonds is 9. The van der Waals surface area contributed by atoms with Gasteiger partial charge >= 0.3 is 6.03 Å². The van der Waals surface area contributed by atoms with Gasteiger partial charge in [-0.3, -0.25) is 14.6 Å². The number of nitrogens with one attached hydrogen (secondary N) is 2. The van der Waals surface area contributed by atoms with Crippen LogP contribution in [0, 0.1) is 0 Å². The van der Waals surface area contributed by atoms with Crippen molar-refractivity contribution in [2.24, 2.45) is 0 Å². The summed E-state index contributed by atoms with van der Waals surface area (Å²) < 4.78 is 10.8. The first-order valence-electron chi connectivity index (χ1n) is 13.0. The Kier molecular flexibility index (Phi) is 8.81. The molecule has 5 rings (SSSR count). The van der Waals surface area contributed by atoms with Crippen LogP contribution >= 0.6 is 34.5 Å². The van der Waals surface area contributed by atoms with E-state index in [1.807, 2.05) is 5.38 Å². The molecule has 2 atom stereocenters. The number of carbonyl (C=O) groups excluding carboxylic acids is 2. The summed E-state index contributed by atoms with van der Waals surface area (Å²) >= 11 is 14.8. The minimum atomic E-state index is -0.398. The maximum absolute atomic E-state index is 14.1. The van der Waals surface area contributed by atoms with Crippen LogP contribution in [0.15, 0.2) is 36.5 Å². The van der Waals surface area contributed by atoms with Crippen molar-refractivity contribution < 1.29 is 19.1 Å². The van der Waals surface area contributed by atoms with Crippen LogP contribution in [-0.4, -0.2) is 53.2 Å². The number of methoxy groups -OCH3 is 2. The van der Waals surface area contributed by atoms with Gasteiger partial charge in [-0.2, -0.15) is 4.98 Å². The van der Waals surface area contributed by atoms with E-state index < -0.39 is 6.03 Å². The Morgan fingerprint density at radius 1 is 1.17 bits per heavy atom. The van der Waals surface area contributed by atoms with Crippen molar-refractivity contribution in [2.75, 3.05) is 29.3 Å². The van der Waals surface area contributed by atoms with E-state index in [0.29, 0.717) is 28.8 Å². The molecule has 0 bridgehead atoms. The number of benzene rings is 1. The molecule has 2 aromatic heterocycles. The third-order valence-corrected chi connectivity index (χ3v) is 8.57. The normalized spacial score (nSPS) is 18.5. The molecule has 0 radical (unpaired) electrons. The molecule has 14 heteroatoms. The molecule has 3 heterocycles. The molecule has 2 N–H and O–H groups in total. The molecular formula is C27H29Cl2N7O4S. The van der Waals surface area contributed by atoms with E-state index in [4.69, 9.17) is 37.7 Å². The summed E-state index contributed by atoms with van der Waals surface area (Å²) in [5.74, 6) is 1.21. The number of carbonyl (C=O) groups is 2. The molecule has 3 aromatic rings. The molecule has 216 valence electrons. The lowest BCUT2D eigenvalue weighted by Gasteiger charge is -2.37. The standard InChI is InChI=1S/C27H29Cl2N7O4S/c1-4-20(37)32-16-7-5-6-8-17(16)33-26-31-12-15-13-35(24-22(28)18(39-2)11-19(40-3)23(24)29)27(38)36(25(15)34-26)14-21-30-9-10-41-21/h4,9-12,16-17H,1,5-8,13-14H2,2-3H3,(H,32,37)(H,31,33,34)/t16-,17?/m1/s1. The molecule has 1 aliphatic heterocycles. The van der Waals surface area contributed by atoms with Gasteiger partial charge in [0.15, 0.2) is 0 Å². The first-order valence-corrected chi connectivity index (χ1v) is 14.6. The summed E-state index contributed by atoms with van der Waals surface area (Å²) in [4.78, 5) is 42.8. The fraction of sp³-hybridized carbons (Fsp3) is 0.370. The highest BCUT2D eigenvalue weighted by Crippen LogP contribution is 2.48. The fourth-order valence-corrected chi connectivity index (χ4v) is 6.37. The van der Waals surface area contributed by atoms with Crippen LogP contribution in [0.4, 0.5) is 22.2 Å². The van der Waals surface area contributed by atoms with Gasteiger partial charge in [0.25, 0.3) is 0 Å². The smallest absolute Gasteiger partial charge is 0.330 e. The number of thiazole rings is 1. The fourth-order valence-electron chi connectivity index (χ4n) is 5.06. The zero-order valence-electron chi connectivity index (χ0n) is 22.5. The molecule has 1 saturated carbocycles. The largest absolute Gasteiger partial charge is 0.495 e. The Morgan fingerprint density at radius 2 is 1.88 bits per heavy atom. The first kappa shape index (κ1) is 28.9. The van der Waals surface area contributed by atoms with Crippen LogP contribution in [0.2, 0.25) is 10.0 Å². The van der Waals surface area contributed by atoms with Gasteiger partial charge < -0.3 is 20.1 Å². The lowest BCUT2D eigenvalue weighted by Crippen LogP contribution is -2.49. The van der Waals surface area contributed by atoms with Crippen LogP contribution in [0.1, 0.15) is 36.3 Å². The number of amides is 3. The van der Waals surface area contributed by atoms with Gasteiger partial charge in [0.2, 0.25) is 11.9 Å². The first-order chi connectivity index (χ1) is 19.8. The van der Waals surface area contributed by atoms with Gasteiger partial charge in [-0.25, -0.2) is 14.8 Å². The lowest BCUT2D eigenvalue weighted by molar-refractivity contribution is -0.117. The van der Waals surface area contributed by atoms with Crippen LogP contribution in [0.25, 0.3) is 0 Å². The van der Waals surface area contributed by atoms with Crippen molar-refractivity contribution >= 4 is 63.9 Å². The maximum Gasteiger partial charge on any atom is 0.330 e. The van der Waals surface area contributed by atoms with Crippen molar-refractivity contribution in [1.82, 2.24) is 20.3 Å². The number of anilines is 3. The second kappa shape index (κ2) is 12.5. The Balaban J connectivity index is 1.52. The number of ether oxygens (including phenoxy) is 2. The van der Waals surface area contributed by atoms with Crippen molar-refractivity contribution in [3.63, 3.8) is 0 Å². The Bertz CT molecular complexity index is 1430. The number of aromatic nitrogens is 3. The van der Waals surface area contributed by atoms with E-state index >= 15 is 0 Å². The predicted octanol–water partition coefficient (Wildman–Crippen LogP) is 5.43. The summed E-state index contributed by atoms with van der Waals surface area (Å²) in [6.45, 7) is 3.84. The van der Waals surface area contributed by atoms with Crippen LogP contribution < -0.4 is 29.9 Å². The van der Waals surface area contributed by atoms with Gasteiger partial charge in [-0.05, 0) is 18.9 Å². The topological polar surface area (TPSA) is 122 Å². The minimum Gasteiger partial charge on any atom is -0.495 e. The van der Waals surface area contributed by atoms with E-state index in [-0.39, 0.29) is 46.8 Å². The number of hydrogen-bond donors (Lipinski definition) is 2. The summed E-state index contributed by atoms with van der Waals surface area (Å²) in [6.07, 6.45) is 8.32. The zero-order valence-corrected chi connectivity index (χ0v) is 24.9. The Morgan fingerprint density at radius 3 is 2.51 bits per heavy atom.